The lowest BCUT2D eigenvalue weighted by Gasteiger charge is -2.05. The molecule has 2 rings (SSSR count). The van der Waals surface area contributed by atoms with Gasteiger partial charge in [0.15, 0.2) is 0 Å². The zero-order valence-corrected chi connectivity index (χ0v) is 11.8. The van der Waals surface area contributed by atoms with E-state index in [1.165, 1.54) is 11.1 Å². The second kappa shape index (κ2) is 8.18. The zero-order chi connectivity index (χ0) is 14.0. The maximum atomic E-state index is 5.47. The summed E-state index contributed by atoms with van der Waals surface area (Å²) < 4.78 is 5.47. The van der Waals surface area contributed by atoms with E-state index >= 15 is 0 Å². The zero-order valence-electron chi connectivity index (χ0n) is 11.8. The summed E-state index contributed by atoms with van der Waals surface area (Å²) in [6.45, 7) is 6.31. The summed E-state index contributed by atoms with van der Waals surface area (Å²) in [5.41, 5.74) is 2.72. The van der Waals surface area contributed by atoms with Crippen LogP contribution in [0.15, 0.2) is 67.3 Å². The highest BCUT2D eigenvalue weighted by Gasteiger charge is 1.98. The molecule has 2 aromatic rings. The lowest BCUT2D eigenvalue weighted by molar-refractivity contribution is -0.670. The highest BCUT2D eigenvalue weighted by molar-refractivity contribution is 5.26. The average molecular weight is 268 g/mol. The Morgan fingerprint density at radius 1 is 0.950 bits per heavy atom. The molecule has 0 heterocycles. The van der Waals surface area contributed by atoms with Crippen molar-refractivity contribution in [3.05, 3.63) is 78.4 Å². The lowest BCUT2D eigenvalue weighted by atomic mass is 10.1. The van der Waals surface area contributed by atoms with Crippen LogP contribution in [-0.2, 0) is 13.0 Å². The van der Waals surface area contributed by atoms with Gasteiger partial charge in [-0.1, -0.05) is 43.0 Å². The minimum atomic E-state index is 0.558. The second-order valence-electron chi connectivity index (χ2n) is 4.76. The molecule has 0 spiro atoms. The molecule has 0 fully saturated rings. The van der Waals surface area contributed by atoms with Gasteiger partial charge in [0.05, 0.1) is 6.54 Å². The van der Waals surface area contributed by atoms with Crippen molar-refractivity contribution in [3.8, 4) is 5.75 Å². The molecule has 2 heteroatoms. The molecular weight excluding hydrogens is 246 g/mol. The van der Waals surface area contributed by atoms with Crippen LogP contribution < -0.4 is 10.1 Å². The Morgan fingerprint density at radius 3 is 2.40 bits per heavy atom. The monoisotopic (exact) mass is 268 g/mol. The van der Waals surface area contributed by atoms with Gasteiger partial charge in [-0.15, -0.1) is 0 Å². The molecule has 0 aliphatic heterocycles. The second-order valence-corrected chi connectivity index (χ2v) is 4.76. The van der Waals surface area contributed by atoms with Gasteiger partial charge in [-0.3, -0.25) is 0 Å². The molecule has 0 atom stereocenters. The van der Waals surface area contributed by atoms with Crippen molar-refractivity contribution in [1.82, 2.24) is 0 Å². The van der Waals surface area contributed by atoms with Gasteiger partial charge in [-0.05, 0) is 29.8 Å². The van der Waals surface area contributed by atoms with Crippen molar-refractivity contribution in [2.24, 2.45) is 0 Å². The first-order chi connectivity index (χ1) is 9.88. The topological polar surface area (TPSA) is 25.8 Å². The third-order valence-electron chi connectivity index (χ3n) is 3.15. The normalized spacial score (nSPS) is 10.2. The van der Waals surface area contributed by atoms with Crippen LogP contribution in [0.5, 0.6) is 5.75 Å². The SMILES string of the molecule is C=CCOc1ccc(C[NH2+]CCc2ccccc2)cc1. The van der Waals surface area contributed by atoms with Gasteiger partial charge in [-0.25, -0.2) is 0 Å². The molecule has 0 saturated carbocycles. The average Bonchev–Trinajstić information content (AvgIpc) is 2.52. The van der Waals surface area contributed by atoms with E-state index in [1.54, 1.807) is 6.08 Å². The van der Waals surface area contributed by atoms with E-state index in [0.717, 1.165) is 25.3 Å². The molecule has 2 aromatic carbocycles. The summed E-state index contributed by atoms with van der Waals surface area (Å²) >= 11 is 0. The molecule has 0 aliphatic carbocycles. The van der Waals surface area contributed by atoms with E-state index in [1.807, 2.05) is 12.1 Å². The molecule has 0 unspecified atom stereocenters. The fourth-order valence-corrected chi connectivity index (χ4v) is 2.06. The van der Waals surface area contributed by atoms with Gasteiger partial charge < -0.3 is 10.1 Å². The highest BCUT2D eigenvalue weighted by atomic mass is 16.5. The fraction of sp³-hybridized carbons (Fsp3) is 0.222. The van der Waals surface area contributed by atoms with E-state index in [9.17, 15) is 0 Å². The molecule has 2 N–H and O–H groups in total. The van der Waals surface area contributed by atoms with Gasteiger partial charge in [0.2, 0.25) is 0 Å². The van der Waals surface area contributed by atoms with Gasteiger partial charge in [-0.2, -0.15) is 0 Å². The van der Waals surface area contributed by atoms with E-state index in [4.69, 9.17) is 4.74 Å². The Labute approximate surface area is 121 Å². The predicted octanol–water partition coefficient (Wildman–Crippen LogP) is 2.56. The summed E-state index contributed by atoms with van der Waals surface area (Å²) in [5, 5.41) is 2.34. The fourth-order valence-electron chi connectivity index (χ4n) is 2.06. The van der Waals surface area contributed by atoms with Gasteiger partial charge >= 0.3 is 0 Å². The molecule has 0 radical (unpaired) electrons. The van der Waals surface area contributed by atoms with Crippen molar-refractivity contribution < 1.29 is 10.1 Å². The minimum Gasteiger partial charge on any atom is -0.490 e. The maximum absolute atomic E-state index is 5.47. The molecule has 0 saturated heterocycles. The van der Waals surface area contributed by atoms with Crippen molar-refractivity contribution in [2.45, 2.75) is 13.0 Å². The van der Waals surface area contributed by atoms with E-state index in [0.29, 0.717) is 6.61 Å². The van der Waals surface area contributed by atoms with Crippen LogP contribution in [0.3, 0.4) is 0 Å². The quantitative estimate of drug-likeness (QED) is 0.578. The van der Waals surface area contributed by atoms with Crippen LogP contribution in [0, 0.1) is 0 Å². The Morgan fingerprint density at radius 2 is 1.70 bits per heavy atom. The highest BCUT2D eigenvalue weighted by Crippen LogP contribution is 2.11. The molecular formula is C18H22NO+. The van der Waals surface area contributed by atoms with Gasteiger partial charge in [0.1, 0.15) is 18.9 Å². The number of quaternary nitrogens is 1. The summed E-state index contributed by atoms with van der Waals surface area (Å²) in [4.78, 5) is 0. The maximum Gasteiger partial charge on any atom is 0.119 e. The van der Waals surface area contributed by atoms with Crippen LogP contribution in [0.25, 0.3) is 0 Å². The van der Waals surface area contributed by atoms with Crippen LogP contribution >= 0.6 is 0 Å². The van der Waals surface area contributed by atoms with Gasteiger partial charge in [0, 0.05) is 12.0 Å². The van der Waals surface area contributed by atoms with Crippen LogP contribution in [0.4, 0.5) is 0 Å². The van der Waals surface area contributed by atoms with E-state index < -0.39 is 0 Å². The standard InChI is InChI=1S/C18H21NO/c1-2-14-20-18-10-8-17(9-11-18)15-19-13-12-16-6-4-3-5-7-16/h2-11,19H,1,12-15H2/p+1. The Kier molecular flexibility index (Phi) is 5.87. The summed E-state index contributed by atoms with van der Waals surface area (Å²) in [7, 11) is 0. The molecule has 104 valence electrons. The molecule has 0 bridgehead atoms. The van der Waals surface area contributed by atoms with Crippen LogP contribution in [0.1, 0.15) is 11.1 Å². The number of ether oxygens (including phenoxy) is 1. The minimum absolute atomic E-state index is 0.558. The first kappa shape index (κ1) is 14.4. The van der Waals surface area contributed by atoms with Crippen molar-refractivity contribution in [2.75, 3.05) is 13.2 Å². The predicted molar refractivity (Wildman–Crippen MR) is 82.8 cm³/mol. The number of nitrogens with two attached hydrogens (primary N) is 1. The molecule has 0 aliphatic rings. The molecule has 2 nitrogen and oxygen atoms in total. The van der Waals surface area contributed by atoms with Crippen molar-refractivity contribution in [1.29, 1.82) is 0 Å². The van der Waals surface area contributed by atoms with Crippen molar-refractivity contribution >= 4 is 0 Å². The Balaban J connectivity index is 1.70. The Bertz CT molecular complexity index is 505. The van der Waals surface area contributed by atoms with E-state index in [2.05, 4.69) is 54.4 Å². The van der Waals surface area contributed by atoms with E-state index in [-0.39, 0.29) is 0 Å². The first-order valence-corrected chi connectivity index (χ1v) is 7.06. The molecule has 0 aromatic heterocycles. The number of rotatable bonds is 8. The lowest BCUT2D eigenvalue weighted by Crippen LogP contribution is -2.83. The smallest absolute Gasteiger partial charge is 0.119 e. The first-order valence-electron chi connectivity index (χ1n) is 7.06. The number of hydrogen-bond donors (Lipinski definition) is 1. The summed E-state index contributed by atoms with van der Waals surface area (Å²) in [6.07, 6.45) is 2.87. The molecule has 0 amide bonds. The number of hydrogen-bond acceptors (Lipinski definition) is 1. The summed E-state index contributed by atoms with van der Waals surface area (Å²) in [5.74, 6) is 0.901. The largest absolute Gasteiger partial charge is 0.490 e. The van der Waals surface area contributed by atoms with Crippen molar-refractivity contribution in [3.63, 3.8) is 0 Å². The van der Waals surface area contributed by atoms with Gasteiger partial charge in [0.25, 0.3) is 0 Å². The third kappa shape index (κ3) is 4.90. The number of benzene rings is 2. The Hall–Kier alpha value is -2.06. The van der Waals surface area contributed by atoms with Crippen LogP contribution in [-0.4, -0.2) is 13.2 Å². The summed E-state index contributed by atoms with van der Waals surface area (Å²) in [6, 6.07) is 18.9. The van der Waals surface area contributed by atoms with Crippen LogP contribution in [0.2, 0.25) is 0 Å². The molecule has 20 heavy (non-hydrogen) atoms. The third-order valence-corrected chi connectivity index (χ3v) is 3.15.